The van der Waals surface area contributed by atoms with E-state index in [1.807, 2.05) is 18.2 Å². The lowest BCUT2D eigenvalue weighted by atomic mass is 9.96. The first kappa shape index (κ1) is 18.6. The van der Waals surface area contributed by atoms with E-state index in [1.54, 1.807) is 29.2 Å². The molecule has 1 fully saturated rings. The molecule has 6 nitrogen and oxygen atoms in total. The number of aromatic carboxylic acids is 1. The monoisotopic (exact) mass is 366 g/mol. The SMILES string of the molecule is O=C(O)c1ccc(CNC(=O)C2CCCN(C(=O)c3ccccc3)C2)cc1. The first-order valence-corrected chi connectivity index (χ1v) is 8.99. The molecule has 2 N–H and O–H groups in total. The van der Waals surface area contributed by atoms with E-state index in [0.29, 0.717) is 25.2 Å². The van der Waals surface area contributed by atoms with Gasteiger partial charge in [0.25, 0.3) is 5.91 Å². The molecule has 140 valence electrons. The zero-order valence-corrected chi connectivity index (χ0v) is 14.9. The second-order valence-electron chi connectivity index (χ2n) is 6.68. The standard InChI is InChI=1S/C21H22N2O4/c24-19(22-13-15-8-10-17(11-9-15)21(26)27)18-7-4-12-23(14-18)20(25)16-5-2-1-3-6-16/h1-3,5-6,8-11,18H,4,7,12-14H2,(H,22,24)(H,26,27). The molecule has 1 heterocycles. The van der Waals surface area contributed by atoms with Gasteiger partial charge in [0.1, 0.15) is 0 Å². The lowest BCUT2D eigenvalue weighted by molar-refractivity contribution is -0.126. The van der Waals surface area contributed by atoms with E-state index in [-0.39, 0.29) is 23.3 Å². The molecule has 1 saturated heterocycles. The Bertz CT molecular complexity index is 818. The van der Waals surface area contributed by atoms with Gasteiger partial charge < -0.3 is 15.3 Å². The van der Waals surface area contributed by atoms with Gasteiger partial charge in [0.05, 0.1) is 11.5 Å². The summed E-state index contributed by atoms with van der Waals surface area (Å²) in [6, 6.07) is 15.5. The average molecular weight is 366 g/mol. The highest BCUT2D eigenvalue weighted by Crippen LogP contribution is 2.19. The molecular weight excluding hydrogens is 344 g/mol. The smallest absolute Gasteiger partial charge is 0.335 e. The summed E-state index contributed by atoms with van der Waals surface area (Å²) in [6.45, 7) is 1.41. The van der Waals surface area contributed by atoms with Crippen molar-refractivity contribution in [3.63, 3.8) is 0 Å². The number of hydrogen-bond acceptors (Lipinski definition) is 3. The van der Waals surface area contributed by atoms with Crippen LogP contribution >= 0.6 is 0 Å². The number of likely N-dealkylation sites (tertiary alicyclic amines) is 1. The number of hydrogen-bond donors (Lipinski definition) is 2. The van der Waals surface area contributed by atoms with Gasteiger partial charge in [0.15, 0.2) is 0 Å². The number of carboxylic acid groups (broad SMARTS) is 1. The first-order chi connectivity index (χ1) is 13.0. The fraction of sp³-hybridized carbons (Fsp3) is 0.286. The first-order valence-electron chi connectivity index (χ1n) is 8.99. The number of rotatable bonds is 5. The van der Waals surface area contributed by atoms with Crippen molar-refractivity contribution < 1.29 is 19.5 Å². The molecule has 1 unspecified atom stereocenters. The van der Waals surface area contributed by atoms with E-state index in [2.05, 4.69) is 5.32 Å². The second kappa shape index (κ2) is 8.49. The fourth-order valence-corrected chi connectivity index (χ4v) is 3.24. The van der Waals surface area contributed by atoms with E-state index < -0.39 is 5.97 Å². The Balaban J connectivity index is 1.55. The van der Waals surface area contributed by atoms with Crippen LogP contribution < -0.4 is 5.32 Å². The van der Waals surface area contributed by atoms with Crippen molar-refractivity contribution in [1.82, 2.24) is 10.2 Å². The Morgan fingerprint density at radius 2 is 1.70 bits per heavy atom. The van der Waals surface area contributed by atoms with Gasteiger partial charge >= 0.3 is 5.97 Å². The molecule has 0 saturated carbocycles. The lowest BCUT2D eigenvalue weighted by Gasteiger charge is -2.32. The van der Waals surface area contributed by atoms with E-state index in [0.717, 1.165) is 18.4 Å². The van der Waals surface area contributed by atoms with Gasteiger partial charge in [-0.2, -0.15) is 0 Å². The molecule has 2 aromatic rings. The second-order valence-corrected chi connectivity index (χ2v) is 6.68. The van der Waals surface area contributed by atoms with Crippen LogP contribution in [0.15, 0.2) is 54.6 Å². The maximum absolute atomic E-state index is 12.6. The molecular formula is C21H22N2O4. The van der Waals surface area contributed by atoms with Crippen LogP contribution in [0.3, 0.4) is 0 Å². The molecule has 0 bridgehead atoms. The Morgan fingerprint density at radius 3 is 2.37 bits per heavy atom. The third kappa shape index (κ3) is 4.73. The quantitative estimate of drug-likeness (QED) is 0.851. The van der Waals surface area contributed by atoms with Gasteiger partial charge in [0, 0.05) is 25.2 Å². The van der Waals surface area contributed by atoms with Crippen molar-refractivity contribution >= 4 is 17.8 Å². The summed E-state index contributed by atoms with van der Waals surface area (Å²) in [5.74, 6) is -1.33. The highest BCUT2D eigenvalue weighted by atomic mass is 16.4. The molecule has 1 aliphatic rings. The molecule has 0 aromatic heterocycles. The van der Waals surface area contributed by atoms with Crippen LogP contribution in [0.5, 0.6) is 0 Å². The number of carbonyl (C=O) groups excluding carboxylic acids is 2. The summed E-state index contributed by atoms with van der Waals surface area (Å²) >= 11 is 0. The highest BCUT2D eigenvalue weighted by molar-refractivity contribution is 5.94. The Morgan fingerprint density at radius 1 is 1.00 bits per heavy atom. The molecule has 0 spiro atoms. The predicted molar refractivity (Wildman–Crippen MR) is 100 cm³/mol. The molecule has 6 heteroatoms. The van der Waals surface area contributed by atoms with Crippen LogP contribution in [-0.4, -0.2) is 40.9 Å². The van der Waals surface area contributed by atoms with E-state index in [9.17, 15) is 14.4 Å². The number of nitrogens with zero attached hydrogens (tertiary/aromatic N) is 1. The van der Waals surface area contributed by atoms with Gasteiger partial charge in [-0.3, -0.25) is 9.59 Å². The summed E-state index contributed by atoms with van der Waals surface area (Å²) in [5, 5.41) is 11.8. The summed E-state index contributed by atoms with van der Waals surface area (Å²) in [4.78, 5) is 37.7. The Hall–Kier alpha value is -3.15. The molecule has 27 heavy (non-hydrogen) atoms. The molecule has 1 atom stereocenters. The minimum atomic E-state index is -0.976. The van der Waals surface area contributed by atoms with Crippen LogP contribution in [-0.2, 0) is 11.3 Å². The summed E-state index contributed by atoms with van der Waals surface area (Å²) in [7, 11) is 0. The molecule has 2 aromatic carbocycles. The molecule has 1 aliphatic heterocycles. The normalized spacial score (nSPS) is 16.6. The van der Waals surface area contributed by atoms with Gasteiger partial charge in [-0.05, 0) is 42.7 Å². The van der Waals surface area contributed by atoms with Gasteiger partial charge in [-0.15, -0.1) is 0 Å². The van der Waals surface area contributed by atoms with Crippen molar-refractivity contribution in [1.29, 1.82) is 0 Å². The average Bonchev–Trinajstić information content (AvgIpc) is 2.72. The van der Waals surface area contributed by atoms with E-state index >= 15 is 0 Å². The maximum atomic E-state index is 12.6. The minimum absolute atomic E-state index is 0.0441. The van der Waals surface area contributed by atoms with Gasteiger partial charge in [0.2, 0.25) is 5.91 Å². The number of carbonyl (C=O) groups is 3. The van der Waals surface area contributed by atoms with Crippen LogP contribution in [0, 0.1) is 5.92 Å². The van der Waals surface area contributed by atoms with Crippen molar-refractivity contribution in [2.45, 2.75) is 19.4 Å². The molecule has 0 aliphatic carbocycles. The maximum Gasteiger partial charge on any atom is 0.335 e. The van der Waals surface area contributed by atoms with Gasteiger partial charge in [-0.1, -0.05) is 30.3 Å². The number of benzene rings is 2. The van der Waals surface area contributed by atoms with E-state index in [4.69, 9.17) is 5.11 Å². The number of amides is 2. The van der Waals surface area contributed by atoms with Crippen molar-refractivity contribution in [2.75, 3.05) is 13.1 Å². The van der Waals surface area contributed by atoms with Crippen LogP contribution in [0.1, 0.15) is 39.1 Å². The molecule has 2 amide bonds. The fourth-order valence-electron chi connectivity index (χ4n) is 3.24. The van der Waals surface area contributed by atoms with Crippen molar-refractivity contribution in [3.05, 3.63) is 71.3 Å². The van der Waals surface area contributed by atoms with Gasteiger partial charge in [-0.25, -0.2) is 4.79 Å². The Kier molecular flexibility index (Phi) is 5.86. The lowest BCUT2D eigenvalue weighted by Crippen LogP contribution is -2.45. The number of piperidine rings is 1. The summed E-state index contributed by atoms with van der Waals surface area (Å²) < 4.78 is 0. The summed E-state index contributed by atoms with van der Waals surface area (Å²) in [5.41, 5.74) is 1.69. The largest absolute Gasteiger partial charge is 0.478 e. The zero-order valence-electron chi connectivity index (χ0n) is 14.9. The minimum Gasteiger partial charge on any atom is -0.478 e. The topological polar surface area (TPSA) is 86.7 Å². The Labute approximate surface area is 157 Å². The highest BCUT2D eigenvalue weighted by Gasteiger charge is 2.28. The number of nitrogens with one attached hydrogen (secondary N) is 1. The summed E-state index contributed by atoms with van der Waals surface area (Å²) in [6.07, 6.45) is 1.55. The van der Waals surface area contributed by atoms with Crippen LogP contribution in [0.2, 0.25) is 0 Å². The molecule has 3 rings (SSSR count). The van der Waals surface area contributed by atoms with Crippen molar-refractivity contribution in [3.8, 4) is 0 Å². The third-order valence-corrected chi connectivity index (χ3v) is 4.77. The number of carboxylic acids is 1. The van der Waals surface area contributed by atoms with Crippen LogP contribution in [0.4, 0.5) is 0 Å². The third-order valence-electron chi connectivity index (χ3n) is 4.77. The van der Waals surface area contributed by atoms with E-state index in [1.165, 1.54) is 12.1 Å². The molecule has 0 radical (unpaired) electrons. The van der Waals surface area contributed by atoms with Crippen molar-refractivity contribution in [2.24, 2.45) is 5.92 Å². The van der Waals surface area contributed by atoms with Crippen LogP contribution in [0.25, 0.3) is 0 Å². The predicted octanol–water partition coefficient (Wildman–Crippen LogP) is 2.55. The zero-order chi connectivity index (χ0) is 19.2.